The second-order valence-corrected chi connectivity index (χ2v) is 8.94. The third-order valence-corrected chi connectivity index (χ3v) is 5.66. The number of carbonyl (C=O) groups excluding carboxylic acids is 1. The monoisotopic (exact) mass is 427 g/mol. The number of alkyl carbamates (subject to hydrolysis) is 1. The van der Waals surface area contributed by atoms with Crippen molar-refractivity contribution in [2.24, 2.45) is 0 Å². The highest BCUT2D eigenvalue weighted by molar-refractivity contribution is 7.99. The fraction of sp³-hybridized carbons (Fsp3) is 0.381. The van der Waals surface area contributed by atoms with E-state index in [0.717, 1.165) is 37.8 Å². The Morgan fingerprint density at radius 1 is 1.27 bits per heavy atom. The third kappa shape index (κ3) is 4.08. The van der Waals surface area contributed by atoms with Crippen LogP contribution in [-0.4, -0.2) is 51.3 Å². The van der Waals surface area contributed by atoms with E-state index in [-0.39, 0.29) is 6.61 Å². The Labute approximate surface area is 179 Å². The number of hydrogen-bond acceptors (Lipinski definition) is 7. The minimum absolute atomic E-state index is 0.0227. The maximum atomic E-state index is 11.8. The molecule has 9 heteroatoms. The molecule has 0 spiro atoms. The number of aliphatic hydroxyl groups excluding tert-OH is 1. The van der Waals surface area contributed by atoms with Gasteiger partial charge in [0.2, 0.25) is 0 Å². The van der Waals surface area contributed by atoms with Gasteiger partial charge in [0, 0.05) is 40.8 Å². The number of hydrogen-bond donors (Lipinski definition) is 3. The zero-order valence-corrected chi connectivity index (χ0v) is 18.0. The lowest BCUT2D eigenvalue weighted by atomic mass is 10.1. The Morgan fingerprint density at radius 3 is 2.87 bits per heavy atom. The number of benzene rings is 1. The largest absolute Gasteiger partial charge is 0.444 e. The van der Waals surface area contributed by atoms with E-state index in [1.54, 1.807) is 18.0 Å². The molecule has 0 saturated heterocycles. The maximum Gasteiger partial charge on any atom is 0.407 e. The van der Waals surface area contributed by atoms with E-state index in [1.165, 1.54) is 0 Å². The molecule has 158 valence electrons. The van der Waals surface area contributed by atoms with Crippen LogP contribution in [0.3, 0.4) is 0 Å². The van der Waals surface area contributed by atoms with Crippen LogP contribution >= 0.6 is 11.8 Å². The fourth-order valence-corrected chi connectivity index (χ4v) is 4.50. The molecule has 1 amide bonds. The number of ether oxygens (including phenoxy) is 1. The molecular weight excluding hydrogens is 402 g/mol. The molecule has 1 aliphatic heterocycles. The first-order valence-corrected chi connectivity index (χ1v) is 10.7. The van der Waals surface area contributed by atoms with Crippen LogP contribution in [0.5, 0.6) is 0 Å². The summed E-state index contributed by atoms with van der Waals surface area (Å²) >= 11 is 1.60. The first kappa shape index (κ1) is 20.5. The fourth-order valence-electron chi connectivity index (χ4n) is 3.36. The van der Waals surface area contributed by atoms with Crippen LogP contribution in [0.4, 0.5) is 10.5 Å². The molecule has 0 bridgehead atoms. The summed E-state index contributed by atoms with van der Waals surface area (Å²) < 4.78 is 7.10. The Bertz CT molecular complexity index is 1090. The van der Waals surface area contributed by atoms with Gasteiger partial charge in [-0.15, -0.1) is 0 Å². The second-order valence-electron chi connectivity index (χ2n) is 7.95. The zero-order valence-electron chi connectivity index (χ0n) is 17.2. The lowest BCUT2D eigenvalue weighted by Gasteiger charge is -2.20. The van der Waals surface area contributed by atoms with Crippen molar-refractivity contribution in [2.45, 2.75) is 42.8 Å². The van der Waals surface area contributed by atoms with E-state index in [9.17, 15) is 9.90 Å². The second kappa shape index (κ2) is 8.16. The number of anilines is 1. The van der Waals surface area contributed by atoms with E-state index in [0.29, 0.717) is 19.6 Å². The zero-order chi connectivity index (χ0) is 21.3. The number of nitrogens with zero attached hydrogens (tertiary/aromatic N) is 3. The van der Waals surface area contributed by atoms with Gasteiger partial charge in [0.25, 0.3) is 0 Å². The van der Waals surface area contributed by atoms with Crippen molar-refractivity contribution in [1.29, 1.82) is 0 Å². The molecule has 0 atom stereocenters. The maximum absolute atomic E-state index is 11.8. The molecule has 0 saturated carbocycles. The Morgan fingerprint density at radius 2 is 2.10 bits per heavy atom. The van der Waals surface area contributed by atoms with Gasteiger partial charge in [0.05, 0.1) is 18.7 Å². The number of rotatable bonds is 6. The van der Waals surface area contributed by atoms with E-state index in [4.69, 9.17) is 9.84 Å². The summed E-state index contributed by atoms with van der Waals surface area (Å²) in [4.78, 5) is 17.4. The molecule has 3 heterocycles. The molecule has 1 aromatic carbocycles. The average molecular weight is 428 g/mol. The number of aromatic nitrogens is 3. The summed E-state index contributed by atoms with van der Waals surface area (Å²) in [6.07, 6.45) is 1.35. The summed E-state index contributed by atoms with van der Waals surface area (Å²) in [6.45, 7) is 6.95. The Kier molecular flexibility index (Phi) is 5.57. The number of carbonyl (C=O) groups is 1. The molecule has 0 radical (unpaired) electrons. The SMILES string of the molecule is CC(C)(C)OC(=O)NCCNc1ccc2c3c(nn2CCO)-c2cccnc2Sc13. The Hall–Kier alpha value is -2.78. The summed E-state index contributed by atoms with van der Waals surface area (Å²) in [5.74, 6) is 0. The Balaban J connectivity index is 1.57. The average Bonchev–Trinajstić information content (AvgIpc) is 3.05. The highest BCUT2D eigenvalue weighted by Crippen LogP contribution is 2.49. The molecule has 4 rings (SSSR count). The van der Waals surface area contributed by atoms with Crippen LogP contribution in [0.2, 0.25) is 0 Å². The van der Waals surface area contributed by atoms with E-state index in [1.807, 2.05) is 49.7 Å². The molecule has 1 aliphatic rings. The molecule has 3 aromatic rings. The quantitative estimate of drug-likeness (QED) is 0.405. The smallest absolute Gasteiger partial charge is 0.407 e. The van der Waals surface area contributed by atoms with Gasteiger partial charge in [-0.1, -0.05) is 11.8 Å². The molecule has 2 aromatic heterocycles. The van der Waals surface area contributed by atoms with Crippen LogP contribution in [0.15, 0.2) is 40.4 Å². The molecule has 3 N–H and O–H groups in total. The van der Waals surface area contributed by atoms with Gasteiger partial charge in [-0.2, -0.15) is 5.10 Å². The molecule has 30 heavy (non-hydrogen) atoms. The van der Waals surface area contributed by atoms with Gasteiger partial charge in [-0.05, 0) is 45.0 Å². The lowest BCUT2D eigenvalue weighted by Crippen LogP contribution is -2.35. The molecule has 0 unspecified atom stereocenters. The van der Waals surface area contributed by atoms with E-state index in [2.05, 4.69) is 15.6 Å². The van der Waals surface area contributed by atoms with Crippen LogP contribution in [0.25, 0.3) is 22.2 Å². The predicted molar refractivity (Wildman–Crippen MR) is 117 cm³/mol. The standard InChI is InChI=1S/C21H25N5O3S/c1-21(2,3)29-20(28)24-10-9-22-14-6-7-15-16-17(25-26(15)11-12-27)13-5-4-8-23-19(13)30-18(14)16/h4-8,22,27H,9-12H2,1-3H3,(H,24,28). The van der Waals surface area contributed by atoms with Gasteiger partial charge in [0.1, 0.15) is 16.3 Å². The van der Waals surface area contributed by atoms with Gasteiger partial charge in [-0.25, -0.2) is 9.78 Å². The van der Waals surface area contributed by atoms with Crippen molar-refractivity contribution in [3.05, 3.63) is 30.5 Å². The summed E-state index contributed by atoms with van der Waals surface area (Å²) in [5.41, 5.74) is 3.30. The number of pyridine rings is 1. The highest BCUT2D eigenvalue weighted by Gasteiger charge is 2.26. The van der Waals surface area contributed by atoms with Crippen LogP contribution in [-0.2, 0) is 11.3 Å². The summed E-state index contributed by atoms with van der Waals surface area (Å²) in [5, 5.41) is 22.3. The number of amides is 1. The van der Waals surface area contributed by atoms with E-state index >= 15 is 0 Å². The summed E-state index contributed by atoms with van der Waals surface area (Å²) in [6, 6.07) is 7.95. The summed E-state index contributed by atoms with van der Waals surface area (Å²) in [7, 11) is 0. The van der Waals surface area contributed by atoms with Crippen molar-refractivity contribution in [2.75, 3.05) is 25.0 Å². The van der Waals surface area contributed by atoms with Crippen molar-refractivity contribution in [3.63, 3.8) is 0 Å². The van der Waals surface area contributed by atoms with Crippen molar-refractivity contribution >= 4 is 34.4 Å². The number of nitrogens with one attached hydrogen (secondary N) is 2. The normalized spacial score (nSPS) is 12.5. The number of fused-ring (bicyclic) bond motifs is 2. The van der Waals surface area contributed by atoms with Crippen molar-refractivity contribution < 1.29 is 14.6 Å². The minimum atomic E-state index is -0.519. The lowest BCUT2D eigenvalue weighted by molar-refractivity contribution is 0.0530. The third-order valence-electron chi connectivity index (χ3n) is 4.52. The number of aliphatic hydroxyl groups is 1. The van der Waals surface area contributed by atoms with Gasteiger partial charge in [-0.3, -0.25) is 4.68 Å². The molecule has 8 nitrogen and oxygen atoms in total. The topological polar surface area (TPSA) is 101 Å². The van der Waals surface area contributed by atoms with E-state index < -0.39 is 11.7 Å². The van der Waals surface area contributed by atoms with Crippen molar-refractivity contribution in [1.82, 2.24) is 20.1 Å². The van der Waals surface area contributed by atoms with Crippen LogP contribution in [0, 0.1) is 0 Å². The van der Waals surface area contributed by atoms with Gasteiger partial charge >= 0.3 is 6.09 Å². The van der Waals surface area contributed by atoms with Crippen LogP contribution in [0.1, 0.15) is 20.8 Å². The minimum Gasteiger partial charge on any atom is -0.444 e. The predicted octanol–water partition coefficient (Wildman–Crippen LogP) is 3.49. The molecular formula is C21H25N5O3S. The first-order chi connectivity index (χ1) is 14.4. The van der Waals surface area contributed by atoms with Crippen LogP contribution < -0.4 is 10.6 Å². The van der Waals surface area contributed by atoms with Crippen molar-refractivity contribution in [3.8, 4) is 11.3 Å². The highest BCUT2D eigenvalue weighted by atomic mass is 32.2. The van der Waals surface area contributed by atoms with Gasteiger partial charge in [0.15, 0.2) is 0 Å². The van der Waals surface area contributed by atoms with Gasteiger partial charge < -0.3 is 20.5 Å². The molecule has 0 fully saturated rings. The molecule has 0 aliphatic carbocycles. The first-order valence-electron chi connectivity index (χ1n) is 9.86.